The van der Waals surface area contributed by atoms with E-state index < -0.39 is 29.2 Å². The topological polar surface area (TPSA) is 0 Å². The number of halogens is 6. The molecule has 0 N–H and O–H groups in total. The van der Waals surface area contributed by atoms with Gasteiger partial charge in [0, 0.05) is 22.4 Å². The third kappa shape index (κ3) is 5.09. The van der Waals surface area contributed by atoms with Gasteiger partial charge in [-0.1, -0.05) is 49.8 Å². The van der Waals surface area contributed by atoms with Crippen LogP contribution in [0.2, 0.25) is 0 Å². The van der Waals surface area contributed by atoms with Crippen LogP contribution in [0.15, 0.2) is 42.5 Å². The van der Waals surface area contributed by atoms with E-state index in [4.69, 9.17) is 0 Å². The molecule has 4 rings (SSSR count). The molecule has 0 aromatic heterocycles. The molecule has 0 aliphatic heterocycles. The summed E-state index contributed by atoms with van der Waals surface area (Å²) in [5.41, 5.74) is -0.920. The van der Waals surface area contributed by atoms with Gasteiger partial charge < -0.3 is 0 Å². The highest BCUT2D eigenvalue weighted by atomic mass is 19.4. The molecule has 0 saturated heterocycles. The summed E-state index contributed by atoms with van der Waals surface area (Å²) in [4.78, 5) is 0. The van der Waals surface area contributed by atoms with Gasteiger partial charge in [0.1, 0.15) is 23.0 Å². The number of fused-ring (bicyclic) bond motifs is 1. The Bertz CT molecular complexity index is 1250. The summed E-state index contributed by atoms with van der Waals surface area (Å²) >= 11 is 0. The molecular weight excluding hydrogens is 450 g/mol. The Hall–Kier alpha value is -2.94. The first-order valence-electron chi connectivity index (χ1n) is 11.5. The molecule has 3 aromatic rings. The fraction of sp³-hybridized carbons (Fsp3) is 0.357. The molecular formula is C28H24F6. The predicted molar refractivity (Wildman–Crippen MR) is 121 cm³/mol. The Labute approximate surface area is 195 Å². The van der Waals surface area contributed by atoms with Crippen LogP contribution in [0.3, 0.4) is 0 Å². The van der Waals surface area contributed by atoms with Crippen molar-refractivity contribution in [2.75, 3.05) is 0 Å². The van der Waals surface area contributed by atoms with Gasteiger partial charge in [0.25, 0.3) is 0 Å². The van der Waals surface area contributed by atoms with E-state index in [2.05, 4.69) is 18.8 Å². The van der Waals surface area contributed by atoms with Crippen molar-refractivity contribution in [2.24, 2.45) is 11.8 Å². The third-order valence-electron chi connectivity index (χ3n) is 6.56. The zero-order chi connectivity index (χ0) is 24.5. The van der Waals surface area contributed by atoms with E-state index >= 15 is 0 Å². The molecule has 34 heavy (non-hydrogen) atoms. The van der Waals surface area contributed by atoms with Crippen molar-refractivity contribution >= 4 is 10.8 Å². The van der Waals surface area contributed by atoms with Crippen LogP contribution in [0.1, 0.15) is 56.6 Å². The number of hydrogen-bond donors (Lipinski definition) is 0. The highest BCUT2D eigenvalue weighted by Crippen LogP contribution is 2.38. The first-order chi connectivity index (χ1) is 16.2. The van der Waals surface area contributed by atoms with E-state index in [0.717, 1.165) is 24.8 Å². The average Bonchev–Trinajstić information content (AvgIpc) is 2.77. The van der Waals surface area contributed by atoms with E-state index in [0.29, 0.717) is 23.1 Å². The normalized spacial score (nSPS) is 18.6. The summed E-state index contributed by atoms with van der Waals surface area (Å²) in [6, 6.07) is 8.83. The molecule has 0 amide bonds. The second-order valence-electron chi connectivity index (χ2n) is 8.95. The van der Waals surface area contributed by atoms with Gasteiger partial charge in [0.2, 0.25) is 0 Å². The van der Waals surface area contributed by atoms with Crippen molar-refractivity contribution < 1.29 is 26.3 Å². The smallest absolute Gasteiger partial charge is 0.206 e. The molecule has 0 atom stereocenters. The van der Waals surface area contributed by atoms with Gasteiger partial charge in [-0.25, -0.2) is 13.2 Å². The zero-order valence-corrected chi connectivity index (χ0v) is 18.7. The number of benzene rings is 3. The van der Waals surface area contributed by atoms with Crippen LogP contribution in [-0.4, -0.2) is 0 Å². The lowest BCUT2D eigenvalue weighted by Crippen LogP contribution is -2.13. The molecule has 0 bridgehead atoms. The number of alkyl halides is 3. The van der Waals surface area contributed by atoms with E-state index in [-0.39, 0.29) is 16.3 Å². The highest BCUT2D eigenvalue weighted by molar-refractivity contribution is 5.88. The SMILES string of the molecule is CCCC1CCC(C#Cc2ccc(-c3ccc4c(F)c(C(F)(F)F)c(F)cc4c3)c(F)c2)CC1. The Kier molecular flexibility index (Phi) is 6.93. The minimum Gasteiger partial charge on any atom is -0.206 e. The number of hydrogen-bond acceptors (Lipinski definition) is 0. The molecule has 178 valence electrons. The van der Waals surface area contributed by atoms with Gasteiger partial charge >= 0.3 is 6.18 Å². The van der Waals surface area contributed by atoms with Gasteiger partial charge in [-0.2, -0.15) is 13.2 Å². The van der Waals surface area contributed by atoms with Crippen molar-refractivity contribution in [1.29, 1.82) is 0 Å². The Balaban J connectivity index is 1.57. The number of rotatable bonds is 3. The second-order valence-corrected chi connectivity index (χ2v) is 8.95. The van der Waals surface area contributed by atoms with Crippen LogP contribution in [-0.2, 0) is 6.18 Å². The first kappa shape index (κ1) is 24.2. The molecule has 1 saturated carbocycles. The van der Waals surface area contributed by atoms with Crippen molar-refractivity contribution in [3.63, 3.8) is 0 Å². The van der Waals surface area contributed by atoms with E-state index in [1.165, 1.54) is 49.9 Å². The Morgan fingerprint density at radius 3 is 2.26 bits per heavy atom. The molecule has 0 nitrogen and oxygen atoms in total. The van der Waals surface area contributed by atoms with Crippen LogP contribution in [0, 0.1) is 41.1 Å². The zero-order valence-electron chi connectivity index (χ0n) is 18.7. The molecule has 3 aromatic carbocycles. The van der Waals surface area contributed by atoms with Gasteiger partial charge in [-0.05, 0) is 66.8 Å². The van der Waals surface area contributed by atoms with Crippen molar-refractivity contribution in [3.05, 3.63) is 71.0 Å². The van der Waals surface area contributed by atoms with Crippen LogP contribution in [0.4, 0.5) is 26.3 Å². The molecule has 0 unspecified atom stereocenters. The lowest BCUT2D eigenvalue weighted by atomic mass is 9.80. The average molecular weight is 474 g/mol. The summed E-state index contributed by atoms with van der Waals surface area (Å²) in [5, 5.41) is -0.462. The summed E-state index contributed by atoms with van der Waals surface area (Å²) in [7, 11) is 0. The quantitative estimate of drug-likeness (QED) is 0.263. The molecule has 1 aliphatic carbocycles. The molecule has 0 radical (unpaired) electrons. The summed E-state index contributed by atoms with van der Waals surface area (Å²) < 4.78 is 82.1. The first-order valence-corrected chi connectivity index (χ1v) is 11.5. The fourth-order valence-corrected chi connectivity index (χ4v) is 4.77. The standard InChI is InChI=1S/C28H24F6/c1-2-3-17-4-6-18(7-5-17)8-9-19-10-12-22(24(29)14-19)20-11-13-23-21(15-20)16-25(30)26(27(23)31)28(32,33)34/h10-18H,2-7H2,1H3. The minimum atomic E-state index is -5.15. The van der Waals surface area contributed by atoms with Gasteiger partial charge in [0.05, 0.1) is 0 Å². The van der Waals surface area contributed by atoms with Gasteiger partial charge in [-0.3, -0.25) is 0 Å². The predicted octanol–water partition coefficient (Wildman–Crippen LogP) is 8.90. The highest BCUT2D eigenvalue weighted by Gasteiger charge is 2.38. The van der Waals surface area contributed by atoms with Gasteiger partial charge in [0.15, 0.2) is 0 Å². The molecule has 0 spiro atoms. The Morgan fingerprint density at radius 2 is 1.62 bits per heavy atom. The summed E-state index contributed by atoms with van der Waals surface area (Å²) in [6.45, 7) is 2.20. The van der Waals surface area contributed by atoms with Crippen LogP contribution < -0.4 is 0 Å². The maximum atomic E-state index is 14.9. The van der Waals surface area contributed by atoms with Gasteiger partial charge in [-0.15, -0.1) is 0 Å². The molecule has 6 heteroatoms. The summed E-state index contributed by atoms with van der Waals surface area (Å²) in [6.07, 6.45) is 1.75. The monoisotopic (exact) mass is 474 g/mol. The molecule has 1 fully saturated rings. The van der Waals surface area contributed by atoms with Crippen molar-refractivity contribution in [2.45, 2.75) is 51.6 Å². The Morgan fingerprint density at radius 1 is 0.882 bits per heavy atom. The lowest BCUT2D eigenvalue weighted by molar-refractivity contribution is -0.142. The van der Waals surface area contributed by atoms with Crippen LogP contribution >= 0.6 is 0 Å². The summed E-state index contributed by atoms with van der Waals surface area (Å²) in [5.74, 6) is 3.44. The van der Waals surface area contributed by atoms with E-state index in [1.807, 2.05) is 0 Å². The van der Waals surface area contributed by atoms with E-state index in [1.54, 1.807) is 6.07 Å². The lowest BCUT2D eigenvalue weighted by Gasteiger charge is -2.25. The fourth-order valence-electron chi connectivity index (χ4n) is 4.77. The molecule has 1 aliphatic rings. The van der Waals surface area contributed by atoms with Crippen molar-refractivity contribution in [1.82, 2.24) is 0 Å². The van der Waals surface area contributed by atoms with E-state index in [9.17, 15) is 26.3 Å². The second kappa shape index (κ2) is 9.74. The molecule has 0 heterocycles. The van der Waals surface area contributed by atoms with Crippen molar-refractivity contribution in [3.8, 4) is 23.0 Å². The third-order valence-corrected chi connectivity index (χ3v) is 6.56. The maximum Gasteiger partial charge on any atom is 0.422 e. The maximum absolute atomic E-state index is 14.9. The minimum absolute atomic E-state index is 0.0811. The van der Waals surface area contributed by atoms with Crippen LogP contribution in [0.5, 0.6) is 0 Å². The van der Waals surface area contributed by atoms with Crippen LogP contribution in [0.25, 0.3) is 21.9 Å². The largest absolute Gasteiger partial charge is 0.422 e.